The standard InChI is InChI=1S/C24H29ClIN3O5/c1-24(2,17-5-8-23(22(26)9-17)34-14-19(31)10-25)16-3-6-21(7-4-16)33-15-20(32)12-29-11-18(13-30)27-28-29/h3-9,11,19-20,30-32H,10,12-15H2,1-2H3/t19-,20-/m0/s1/i26-4. The first kappa shape index (κ1) is 26.7. The van der Waals surface area contributed by atoms with Crippen LogP contribution in [0, 0.1) is 3.57 Å². The van der Waals surface area contributed by atoms with Crippen LogP contribution in [0.3, 0.4) is 0 Å². The lowest BCUT2D eigenvalue weighted by Gasteiger charge is -2.27. The van der Waals surface area contributed by atoms with E-state index in [0.717, 1.165) is 14.7 Å². The fraction of sp³-hybridized carbons (Fsp3) is 0.417. The Bertz CT molecular complexity index is 1060. The van der Waals surface area contributed by atoms with Gasteiger partial charge in [0.1, 0.15) is 42.6 Å². The maximum atomic E-state index is 10.2. The predicted octanol–water partition coefficient (Wildman–Crippen LogP) is 3.12. The van der Waals surface area contributed by atoms with E-state index in [-0.39, 0.29) is 37.7 Å². The van der Waals surface area contributed by atoms with Crippen molar-refractivity contribution in [3.63, 3.8) is 0 Å². The summed E-state index contributed by atoms with van der Waals surface area (Å²) in [4.78, 5) is 0. The second kappa shape index (κ2) is 12.2. The van der Waals surface area contributed by atoms with E-state index in [1.165, 1.54) is 4.68 Å². The average Bonchev–Trinajstić information content (AvgIpc) is 3.29. The van der Waals surface area contributed by atoms with E-state index in [2.05, 4.69) is 52.8 Å². The summed E-state index contributed by atoms with van der Waals surface area (Å²) >= 11 is 7.86. The summed E-state index contributed by atoms with van der Waals surface area (Å²) in [6.07, 6.45) is 0.123. The molecule has 0 unspecified atom stereocenters. The third-order valence-electron chi connectivity index (χ3n) is 5.43. The van der Waals surface area contributed by atoms with Crippen LogP contribution in [0.1, 0.15) is 30.7 Å². The van der Waals surface area contributed by atoms with Crippen molar-refractivity contribution in [2.75, 3.05) is 19.1 Å². The number of aromatic nitrogens is 3. The first-order chi connectivity index (χ1) is 16.2. The van der Waals surface area contributed by atoms with Gasteiger partial charge in [-0.1, -0.05) is 37.3 Å². The van der Waals surface area contributed by atoms with Crippen LogP contribution in [0.5, 0.6) is 11.5 Å². The van der Waals surface area contributed by atoms with Gasteiger partial charge in [-0.05, 0) is 58.0 Å². The molecule has 0 aliphatic heterocycles. The molecular formula is C24H29ClIN3O5. The number of aliphatic hydroxyl groups excluding tert-OH is 3. The number of ether oxygens (including phenoxy) is 2. The zero-order valence-corrected chi connectivity index (χ0v) is 22.0. The van der Waals surface area contributed by atoms with Gasteiger partial charge in [0.2, 0.25) is 0 Å². The van der Waals surface area contributed by atoms with Crippen molar-refractivity contribution < 1.29 is 24.8 Å². The summed E-state index contributed by atoms with van der Waals surface area (Å²) in [5, 5.41) is 36.5. The van der Waals surface area contributed by atoms with Gasteiger partial charge < -0.3 is 24.8 Å². The van der Waals surface area contributed by atoms with Crippen molar-refractivity contribution in [2.45, 2.75) is 44.6 Å². The number of aliphatic hydroxyl groups is 3. The SMILES string of the molecule is CC(C)(c1ccc(OC[C@@H](O)Cn2cc(CO)nn2)cc1)c1ccc(OC[C@@H](O)CCl)c([123I])c1. The molecule has 0 radical (unpaired) electrons. The highest BCUT2D eigenvalue weighted by molar-refractivity contribution is 14.1. The molecule has 1 aromatic heterocycles. The van der Waals surface area contributed by atoms with Crippen LogP contribution < -0.4 is 9.47 Å². The molecule has 184 valence electrons. The first-order valence-corrected chi connectivity index (χ1v) is 12.4. The third-order valence-corrected chi connectivity index (χ3v) is 6.63. The highest BCUT2D eigenvalue weighted by Gasteiger charge is 2.24. The molecular weight excluding hydrogens is 569 g/mol. The minimum atomic E-state index is -0.766. The Morgan fingerprint density at radius 2 is 1.71 bits per heavy atom. The Balaban J connectivity index is 1.59. The van der Waals surface area contributed by atoms with Crippen molar-refractivity contribution in [3.05, 3.63) is 69.1 Å². The van der Waals surface area contributed by atoms with Crippen LogP contribution in [-0.2, 0) is 18.6 Å². The smallest absolute Gasteiger partial charge is 0.132 e. The van der Waals surface area contributed by atoms with Crippen molar-refractivity contribution in [1.29, 1.82) is 0 Å². The van der Waals surface area contributed by atoms with Crippen molar-refractivity contribution in [2.24, 2.45) is 0 Å². The van der Waals surface area contributed by atoms with Gasteiger partial charge in [-0.15, -0.1) is 16.7 Å². The van der Waals surface area contributed by atoms with Gasteiger partial charge in [0.25, 0.3) is 0 Å². The quantitative estimate of drug-likeness (QED) is 0.217. The number of halogens is 2. The minimum Gasteiger partial charge on any atom is -0.491 e. The Morgan fingerprint density at radius 1 is 1.03 bits per heavy atom. The molecule has 0 fully saturated rings. The molecule has 1 heterocycles. The molecule has 3 aromatic rings. The van der Waals surface area contributed by atoms with E-state index in [1.807, 2.05) is 36.4 Å². The highest BCUT2D eigenvalue weighted by Crippen LogP contribution is 2.35. The number of benzene rings is 2. The molecule has 8 nitrogen and oxygen atoms in total. The molecule has 3 N–H and O–H groups in total. The van der Waals surface area contributed by atoms with E-state index >= 15 is 0 Å². The molecule has 2 atom stereocenters. The summed E-state index contributed by atoms with van der Waals surface area (Å²) in [5.41, 5.74) is 2.43. The molecule has 0 aliphatic carbocycles. The Hall–Kier alpha value is -1.92. The van der Waals surface area contributed by atoms with E-state index in [0.29, 0.717) is 17.2 Å². The van der Waals surface area contributed by atoms with E-state index in [1.54, 1.807) is 6.20 Å². The van der Waals surface area contributed by atoms with E-state index in [4.69, 9.17) is 26.2 Å². The van der Waals surface area contributed by atoms with Crippen LogP contribution in [0.25, 0.3) is 0 Å². The number of nitrogens with zero attached hydrogens (tertiary/aromatic N) is 3. The number of hydrogen-bond acceptors (Lipinski definition) is 7. The average molecular weight is 598 g/mol. The second-order valence-electron chi connectivity index (χ2n) is 8.47. The predicted molar refractivity (Wildman–Crippen MR) is 137 cm³/mol. The molecule has 0 amide bonds. The Labute approximate surface area is 217 Å². The lowest BCUT2D eigenvalue weighted by Crippen LogP contribution is -2.24. The summed E-state index contributed by atoms with van der Waals surface area (Å²) < 4.78 is 13.8. The van der Waals surface area contributed by atoms with Crippen LogP contribution in [-0.4, -0.2) is 61.6 Å². The molecule has 0 aliphatic rings. The topological polar surface area (TPSA) is 110 Å². The molecule has 2 aromatic carbocycles. The summed E-state index contributed by atoms with van der Waals surface area (Å²) in [5.74, 6) is 1.50. The molecule has 34 heavy (non-hydrogen) atoms. The summed E-state index contributed by atoms with van der Waals surface area (Å²) in [7, 11) is 0. The van der Waals surface area contributed by atoms with Crippen LogP contribution in [0.15, 0.2) is 48.7 Å². The van der Waals surface area contributed by atoms with Gasteiger partial charge in [0.05, 0.1) is 28.8 Å². The maximum absolute atomic E-state index is 10.2. The zero-order chi connectivity index (χ0) is 24.7. The van der Waals surface area contributed by atoms with Gasteiger partial charge in [0.15, 0.2) is 0 Å². The van der Waals surface area contributed by atoms with Crippen molar-refractivity contribution >= 4 is 34.2 Å². The lowest BCUT2D eigenvalue weighted by atomic mass is 9.78. The monoisotopic (exact) mass is 597 g/mol. The minimum absolute atomic E-state index is 0.106. The maximum Gasteiger partial charge on any atom is 0.132 e. The van der Waals surface area contributed by atoms with Crippen molar-refractivity contribution in [1.82, 2.24) is 15.0 Å². The number of hydrogen-bond donors (Lipinski definition) is 3. The Kier molecular flexibility index (Phi) is 9.55. The zero-order valence-electron chi connectivity index (χ0n) is 19.1. The lowest BCUT2D eigenvalue weighted by molar-refractivity contribution is 0.0888. The molecule has 10 heteroatoms. The van der Waals surface area contributed by atoms with E-state index < -0.39 is 12.2 Å². The first-order valence-electron chi connectivity index (χ1n) is 10.8. The molecule has 0 saturated carbocycles. The molecule has 0 bridgehead atoms. The number of alkyl halides is 1. The van der Waals surface area contributed by atoms with Gasteiger partial charge in [-0.2, -0.15) is 0 Å². The molecule has 3 rings (SSSR count). The van der Waals surface area contributed by atoms with Crippen molar-refractivity contribution in [3.8, 4) is 11.5 Å². The Morgan fingerprint density at radius 3 is 2.32 bits per heavy atom. The summed E-state index contributed by atoms with van der Waals surface area (Å²) in [6.45, 7) is 4.59. The van der Waals surface area contributed by atoms with Crippen LogP contribution in [0.4, 0.5) is 0 Å². The normalized spacial score (nSPS) is 13.5. The van der Waals surface area contributed by atoms with Gasteiger partial charge in [-0.3, -0.25) is 0 Å². The van der Waals surface area contributed by atoms with Crippen LogP contribution >= 0.6 is 34.2 Å². The van der Waals surface area contributed by atoms with Gasteiger partial charge in [-0.25, -0.2) is 4.68 Å². The molecule has 0 spiro atoms. The second-order valence-corrected chi connectivity index (χ2v) is 9.94. The molecule has 0 saturated heterocycles. The summed E-state index contributed by atoms with van der Waals surface area (Å²) in [6, 6.07) is 13.8. The van der Waals surface area contributed by atoms with E-state index in [9.17, 15) is 10.2 Å². The fourth-order valence-corrected chi connectivity index (χ4v) is 4.09. The van der Waals surface area contributed by atoms with Gasteiger partial charge >= 0.3 is 0 Å². The third kappa shape index (κ3) is 7.05. The largest absolute Gasteiger partial charge is 0.491 e. The highest BCUT2D eigenvalue weighted by atomic mass is 123. The fourth-order valence-electron chi connectivity index (χ4n) is 3.33. The van der Waals surface area contributed by atoms with Crippen LogP contribution in [0.2, 0.25) is 0 Å². The van der Waals surface area contributed by atoms with Gasteiger partial charge in [0, 0.05) is 5.41 Å². The number of rotatable bonds is 12.